The maximum absolute atomic E-state index is 12.5. The molecular weight excluding hydrogens is 250 g/mol. The van der Waals surface area contributed by atoms with Gasteiger partial charge in [-0.25, -0.2) is 0 Å². The van der Waals surface area contributed by atoms with Crippen molar-refractivity contribution in [3.63, 3.8) is 0 Å². The highest BCUT2D eigenvalue weighted by molar-refractivity contribution is 5.96. The molecule has 0 spiro atoms. The summed E-state index contributed by atoms with van der Waals surface area (Å²) in [6, 6.07) is 8.27. The van der Waals surface area contributed by atoms with Crippen LogP contribution < -0.4 is 4.90 Å². The SMILES string of the molecule is CN1CCCN(CC(=O)N2CCc3ccccc32)CC1. The van der Waals surface area contributed by atoms with Crippen molar-refractivity contribution in [1.82, 2.24) is 9.80 Å². The third-order valence-corrected chi connectivity index (χ3v) is 4.36. The monoisotopic (exact) mass is 273 g/mol. The highest BCUT2D eigenvalue weighted by Gasteiger charge is 2.25. The Bertz CT molecular complexity index is 488. The van der Waals surface area contributed by atoms with Crippen molar-refractivity contribution in [2.24, 2.45) is 0 Å². The standard InChI is InChI=1S/C16H23N3O/c1-17-8-4-9-18(12-11-17)13-16(20)19-10-7-14-5-2-3-6-15(14)19/h2-3,5-6H,4,7-13H2,1H3. The molecule has 0 aromatic heterocycles. The number of anilines is 1. The van der Waals surface area contributed by atoms with Crippen LogP contribution in [-0.2, 0) is 11.2 Å². The minimum absolute atomic E-state index is 0.250. The second kappa shape index (κ2) is 5.94. The van der Waals surface area contributed by atoms with E-state index in [0.717, 1.165) is 51.3 Å². The molecule has 0 aliphatic carbocycles. The van der Waals surface area contributed by atoms with Crippen molar-refractivity contribution in [3.05, 3.63) is 29.8 Å². The summed E-state index contributed by atoms with van der Waals surface area (Å²) in [7, 11) is 2.15. The van der Waals surface area contributed by atoms with Gasteiger partial charge in [0.25, 0.3) is 0 Å². The Kier molecular flexibility index (Phi) is 4.03. The van der Waals surface area contributed by atoms with Gasteiger partial charge in [-0.05, 0) is 44.6 Å². The number of amides is 1. The molecule has 3 rings (SSSR count). The molecule has 1 aromatic carbocycles. The molecule has 2 heterocycles. The van der Waals surface area contributed by atoms with Gasteiger partial charge in [0.2, 0.25) is 5.91 Å². The Morgan fingerprint density at radius 1 is 1.10 bits per heavy atom. The summed E-state index contributed by atoms with van der Waals surface area (Å²) in [5, 5.41) is 0. The molecule has 4 nitrogen and oxygen atoms in total. The molecular formula is C16H23N3O. The fourth-order valence-corrected chi connectivity index (χ4v) is 3.13. The van der Waals surface area contributed by atoms with E-state index in [2.05, 4.69) is 35.0 Å². The number of nitrogens with zero attached hydrogens (tertiary/aromatic N) is 3. The summed E-state index contributed by atoms with van der Waals surface area (Å²) in [6.45, 7) is 5.62. The van der Waals surface area contributed by atoms with Gasteiger partial charge < -0.3 is 9.80 Å². The van der Waals surface area contributed by atoms with Gasteiger partial charge in [0.15, 0.2) is 0 Å². The van der Waals surface area contributed by atoms with Crippen LogP contribution in [0.1, 0.15) is 12.0 Å². The molecule has 20 heavy (non-hydrogen) atoms. The van der Waals surface area contributed by atoms with E-state index < -0.39 is 0 Å². The predicted molar refractivity (Wildman–Crippen MR) is 81.1 cm³/mol. The molecule has 1 fully saturated rings. The van der Waals surface area contributed by atoms with Crippen molar-refractivity contribution in [3.8, 4) is 0 Å². The van der Waals surface area contributed by atoms with Gasteiger partial charge in [0.1, 0.15) is 0 Å². The van der Waals surface area contributed by atoms with Crippen LogP contribution in [-0.4, -0.2) is 62.0 Å². The summed E-state index contributed by atoms with van der Waals surface area (Å²) < 4.78 is 0. The van der Waals surface area contributed by atoms with Gasteiger partial charge in [-0.3, -0.25) is 9.69 Å². The summed E-state index contributed by atoms with van der Waals surface area (Å²) in [5.41, 5.74) is 2.42. The molecule has 0 bridgehead atoms. The smallest absolute Gasteiger partial charge is 0.241 e. The Labute approximate surface area is 121 Å². The second-order valence-corrected chi connectivity index (χ2v) is 5.86. The number of hydrogen-bond acceptors (Lipinski definition) is 3. The molecule has 4 heteroatoms. The molecule has 2 aliphatic rings. The van der Waals surface area contributed by atoms with Crippen molar-refractivity contribution in [2.75, 3.05) is 51.2 Å². The third-order valence-electron chi connectivity index (χ3n) is 4.36. The number of carbonyl (C=O) groups is 1. The quantitative estimate of drug-likeness (QED) is 0.810. The van der Waals surface area contributed by atoms with Crippen molar-refractivity contribution in [2.45, 2.75) is 12.8 Å². The lowest BCUT2D eigenvalue weighted by atomic mass is 10.2. The van der Waals surface area contributed by atoms with Crippen LogP contribution in [0.25, 0.3) is 0 Å². The maximum atomic E-state index is 12.5. The zero-order valence-electron chi connectivity index (χ0n) is 12.2. The zero-order chi connectivity index (χ0) is 13.9. The molecule has 0 N–H and O–H groups in total. The molecule has 2 aliphatic heterocycles. The number of rotatable bonds is 2. The fraction of sp³-hybridized carbons (Fsp3) is 0.562. The van der Waals surface area contributed by atoms with Crippen molar-refractivity contribution in [1.29, 1.82) is 0 Å². The van der Waals surface area contributed by atoms with Crippen LogP contribution >= 0.6 is 0 Å². The van der Waals surface area contributed by atoms with Gasteiger partial charge >= 0.3 is 0 Å². The number of likely N-dealkylation sites (N-methyl/N-ethyl adjacent to an activating group) is 1. The highest BCUT2D eigenvalue weighted by atomic mass is 16.2. The first-order valence-electron chi connectivity index (χ1n) is 7.53. The summed E-state index contributed by atoms with van der Waals surface area (Å²) >= 11 is 0. The molecule has 108 valence electrons. The van der Waals surface area contributed by atoms with E-state index in [1.54, 1.807) is 0 Å². The van der Waals surface area contributed by atoms with Gasteiger partial charge in [-0.1, -0.05) is 18.2 Å². The molecule has 0 saturated carbocycles. The molecule has 1 amide bonds. The van der Waals surface area contributed by atoms with E-state index in [0.29, 0.717) is 6.54 Å². The fourth-order valence-electron chi connectivity index (χ4n) is 3.13. The number of hydrogen-bond donors (Lipinski definition) is 0. The molecule has 0 radical (unpaired) electrons. The van der Waals surface area contributed by atoms with E-state index in [1.165, 1.54) is 5.56 Å². The Balaban J connectivity index is 1.63. The van der Waals surface area contributed by atoms with Crippen molar-refractivity contribution >= 4 is 11.6 Å². The lowest BCUT2D eigenvalue weighted by molar-refractivity contribution is -0.119. The Morgan fingerprint density at radius 3 is 2.85 bits per heavy atom. The second-order valence-electron chi connectivity index (χ2n) is 5.86. The van der Waals surface area contributed by atoms with E-state index in [-0.39, 0.29) is 5.91 Å². The first-order valence-corrected chi connectivity index (χ1v) is 7.53. The maximum Gasteiger partial charge on any atom is 0.241 e. The number of carbonyl (C=O) groups excluding carboxylic acids is 1. The number of para-hydroxylation sites is 1. The van der Waals surface area contributed by atoms with E-state index >= 15 is 0 Å². The van der Waals surface area contributed by atoms with Gasteiger partial charge in [0, 0.05) is 25.3 Å². The first-order chi connectivity index (χ1) is 9.74. The minimum Gasteiger partial charge on any atom is -0.311 e. The molecule has 0 atom stereocenters. The van der Waals surface area contributed by atoms with Gasteiger partial charge in [0.05, 0.1) is 6.54 Å². The average Bonchev–Trinajstić information content (AvgIpc) is 2.78. The highest BCUT2D eigenvalue weighted by Crippen LogP contribution is 2.27. The van der Waals surface area contributed by atoms with Crippen LogP contribution in [0.2, 0.25) is 0 Å². The number of benzene rings is 1. The first kappa shape index (κ1) is 13.6. The Morgan fingerprint density at radius 2 is 1.95 bits per heavy atom. The van der Waals surface area contributed by atoms with Crippen LogP contribution in [0.5, 0.6) is 0 Å². The zero-order valence-corrected chi connectivity index (χ0v) is 12.2. The largest absolute Gasteiger partial charge is 0.311 e. The topological polar surface area (TPSA) is 26.8 Å². The lowest BCUT2D eigenvalue weighted by Crippen LogP contribution is -2.41. The van der Waals surface area contributed by atoms with Crippen molar-refractivity contribution < 1.29 is 4.79 Å². The van der Waals surface area contributed by atoms with E-state index in [1.807, 2.05) is 11.0 Å². The third kappa shape index (κ3) is 2.86. The predicted octanol–water partition coefficient (Wildman–Crippen LogP) is 1.21. The van der Waals surface area contributed by atoms with Crippen LogP contribution in [0.15, 0.2) is 24.3 Å². The lowest BCUT2D eigenvalue weighted by Gasteiger charge is -2.24. The summed E-state index contributed by atoms with van der Waals surface area (Å²) in [6.07, 6.45) is 2.14. The number of fused-ring (bicyclic) bond motifs is 1. The molecule has 1 aromatic rings. The Hall–Kier alpha value is -1.39. The molecule has 0 unspecified atom stereocenters. The van der Waals surface area contributed by atoms with Crippen LogP contribution in [0, 0.1) is 0 Å². The van der Waals surface area contributed by atoms with E-state index in [4.69, 9.17) is 0 Å². The van der Waals surface area contributed by atoms with Gasteiger partial charge in [-0.2, -0.15) is 0 Å². The average molecular weight is 273 g/mol. The minimum atomic E-state index is 0.250. The van der Waals surface area contributed by atoms with Crippen LogP contribution in [0.4, 0.5) is 5.69 Å². The summed E-state index contributed by atoms with van der Waals surface area (Å²) in [4.78, 5) is 19.1. The van der Waals surface area contributed by atoms with Gasteiger partial charge in [-0.15, -0.1) is 0 Å². The van der Waals surface area contributed by atoms with E-state index in [9.17, 15) is 4.79 Å². The molecule has 1 saturated heterocycles. The normalized spacial score (nSPS) is 20.8. The van der Waals surface area contributed by atoms with Crippen LogP contribution in [0.3, 0.4) is 0 Å². The summed E-state index contributed by atoms with van der Waals surface area (Å²) in [5.74, 6) is 0.250.